The Kier molecular flexibility index (Phi) is 5.03. The van der Waals surface area contributed by atoms with E-state index in [1.165, 1.54) is 0 Å². The molecule has 1 atom stereocenters. The zero-order chi connectivity index (χ0) is 11.3. The molecular weight excluding hydrogens is 190 g/mol. The smallest absolute Gasteiger partial charge is 0.0771 e. The first-order valence-electron chi connectivity index (χ1n) is 6.10. The van der Waals surface area contributed by atoms with Crippen molar-refractivity contribution in [1.82, 2.24) is 5.32 Å². The molecule has 1 fully saturated rings. The Morgan fingerprint density at radius 3 is 2.53 bits per heavy atom. The Morgan fingerprint density at radius 1 is 1.40 bits per heavy atom. The van der Waals surface area contributed by atoms with Crippen molar-refractivity contribution in [3.63, 3.8) is 0 Å². The summed E-state index contributed by atoms with van der Waals surface area (Å²) in [6.45, 7) is 5.92. The van der Waals surface area contributed by atoms with Gasteiger partial charge < -0.3 is 15.5 Å². The lowest BCUT2D eigenvalue weighted by molar-refractivity contribution is -0.00687. The zero-order valence-electron chi connectivity index (χ0n) is 10.00. The number of hydrogen-bond donors (Lipinski definition) is 3. The fourth-order valence-electron chi connectivity index (χ4n) is 2.09. The van der Waals surface area contributed by atoms with Gasteiger partial charge in [-0.3, -0.25) is 0 Å². The summed E-state index contributed by atoms with van der Waals surface area (Å²) in [5, 5.41) is 22.4. The third-order valence-electron chi connectivity index (χ3n) is 3.46. The summed E-state index contributed by atoms with van der Waals surface area (Å²) in [5.41, 5.74) is -0.498. The van der Waals surface area contributed by atoms with Crippen LogP contribution in [0, 0.1) is 11.8 Å². The van der Waals surface area contributed by atoms with Crippen molar-refractivity contribution in [3.8, 4) is 0 Å². The molecular formula is C12H25NO2. The maximum atomic E-state index is 10.2. The Morgan fingerprint density at radius 2 is 2.00 bits per heavy atom. The lowest BCUT2D eigenvalue weighted by atomic mass is 9.79. The molecule has 0 bridgehead atoms. The van der Waals surface area contributed by atoms with Crippen LogP contribution in [0.5, 0.6) is 0 Å². The highest BCUT2D eigenvalue weighted by molar-refractivity contribution is 4.86. The van der Waals surface area contributed by atoms with Crippen LogP contribution in [0.4, 0.5) is 0 Å². The molecule has 0 radical (unpaired) electrons. The van der Waals surface area contributed by atoms with E-state index < -0.39 is 5.60 Å². The average molecular weight is 215 g/mol. The quantitative estimate of drug-likeness (QED) is 0.645. The summed E-state index contributed by atoms with van der Waals surface area (Å²) in [5.74, 6) is 1.04. The molecule has 0 aromatic rings. The first-order chi connectivity index (χ1) is 7.06. The second kappa shape index (κ2) is 5.83. The van der Waals surface area contributed by atoms with Gasteiger partial charge in [0.15, 0.2) is 0 Å². The molecule has 1 unspecified atom stereocenters. The second-order valence-electron chi connectivity index (χ2n) is 5.33. The van der Waals surface area contributed by atoms with Crippen molar-refractivity contribution in [2.75, 3.05) is 19.7 Å². The molecule has 1 aliphatic rings. The molecule has 3 N–H and O–H groups in total. The minimum absolute atomic E-state index is 0.211. The summed E-state index contributed by atoms with van der Waals surface area (Å²) in [6.07, 6.45) is 4.09. The predicted octanol–water partition coefficient (Wildman–Crippen LogP) is 1.15. The van der Waals surface area contributed by atoms with Crippen molar-refractivity contribution in [2.24, 2.45) is 11.8 Å². The van der Waals surface area contributed by atoms with Crippen molar-refractivity contribution in [1.29, 1.82) is 0 Å². The van der Waals surface area contributed by atoms with Gasteiger partial charge in [0, 0.05) is 13.2 Å². The Hall–Kier alpha value is -0.120. The van der Waals surface area contributed by atoms with Crippen LogP contribution in [0.15, 0.2) is 0 Å². The van der Waals surface area contributed by atoms with E-state index in [9.17, 15) is 5.11 Å². The molecule has 0 amide bonds. The lowest BCUT2D eigenvalue weighted by Crippen LogP contribution is -2.44. The van der Waals surface area contributed by atoms with Crippen LogP contribution in [-0.4, -0.2) is 35.5 Å². The fraction of sp³-hybridized carbons (Fsp3) is 1.00. The van der Waals surface area contributed by atoms with E-state index in [0.29, 0.717) is 6.54 Å². The third-order valence-corrected chi connectivity index (χ3v) is 3.46. The minimum Gasteiger partial charge on any atom is -0.396 e. The minimum atomic E-state index is -0.498. The van der Waals surface area contributed by atoms with E-state index in [1.54, 1.807) is 0 Å². The SMILES string of the molecule is CC1CCC(O)(CNCC(C)CO)CC1. The molecule has 0 aromatic heterocycles. The first-order valence-corrected chi connectivity index (χ1v) is 6.10. The second-order valence-corrected chi connectivity index (χ2v) is 5.33. The first kappa shape index (κ1) is 12.9. The summed E-state index contributed by atoms with van der Waals surface area (Å²) >= 11 is 0. The predicted molar refractivity (Wildman–Crippen MR) is 61.7 cm³/mol. The molecule has 1 rings (SSSR count). The molecule has 0 aromatic carbocycles. The molecule has 0 heterocycles. The Bertz CT molecular complexity index is 176. The van der Waals surface area contributed by atoms with Crippen LogP contribution >= 0.6 is 0 Å². The van der Waals surface area contributed by atoms with Gasteiger partial charge in [-0.15, -0.1) is 0 Å². The van der Waals surface area contributed by atoms with Gasteiger partial charge in [0.25, 0.3) is 0 Å². The van der Waals surface area contributed by atoms with Gasteiger partial charge in [-0.1, -0.05) is 13.8 Å². The maximum Gasteiger partial charge on any atom is 0.0771 e. The number of hydrogen-bond acceptors (Lipinski definition) is 3. The molecule has 0 spiro atoms. The van der Waals surface area contributed by atoms with E-state index in [2.05, 4.69) is 12.2 Å². The monoisotopic (exact) mass is 215 g/mol. The van der Waals surface area contributed by atoms with Crippen LogP contribution < -0.4 is 5.32 Å². The topological polar surface area (TPSA) is 52.5 Å². The standard InChI is InChI=1S/C12H25NO2/c1-10-3-5-12(15,6-4-10)9-13-7-11(2)8-14/h10-11,13-15H,3-9H2,1-2H3. The van der Waals surface area contributed by atoms with Gasteiger partial charge in [-0.2, -0.15) is 0 Å². The van der Waals surface area contributed by atoms with Crippen molar-refractivity contribution >= 4 is 0 Å². The highest BCUT2D eigenvalue weighted by Gasteiger charge is 2.31. The number of aliphatic hydroxyl groups excluding tert-OH is 1. The largest absolute Gasteiger partial charge is 0.396 e. The maximum absolute atomic E-state index is 10.2. The highest BCUT2D eigenvalue weighted by Crippen LogP contribution is 2.31. The normalized spacial score (nSPS) is 34.0. The number of nitrogens with one attached hydrogen (secondary N) is 1. The van der Waals surface area contributed by atoms with Crippen molar-refractivity contribution in [3.05, 3.63) is 0 Å². The lowest BCUT2D eigenvalue weighted by Gasteiger charge is -2.35. The summed E-state index contributed by atoms with van der Waals surface area (Å²) in [7, 11) is 0. The van der Waals surface area contributed by atoms with Gasteiger partial charge in [0.1, 0.15) is 0 Å². The molecule has 0 aliphatic heterocycles. The van der Waals surface area contributed by atoms with E-state index in [4.69, 9.17) is 5.11 Å². The molecule has 90 valence electrons. The van der Waals surface area contributed by atoms with Crippen LogP contribution in [0.2, 0.25) is 0 Å². The highest BCUT2D eigenvalue weighted by atomic mass is 16.3. The zero-order valence-corrected chi connectivity index (χ0v) is 10.00. The van der Waals surface area contributed by atoms with Gasteiger partial charge >= 0.3 is 0 Å². The summed E-state index contributed by atoms with van der Waals surface area (Å²) < 4.78 is 0. The van der Waals surface area contributed by atoms with Crippen LogP contribution in [0.1, 0.15) is 39.5 Å². The van der Waals surface area contributed by atoms with E-state index in [1.807, 2.05) is 6.92 Å². The third kappa shape index (κ3) is 4.49. The van der Waals surface area contributed by atoms with Gasteiger partial charge in [-0.05, 0) is 44.1 Å². The molecule has 0 saturated heterocycles. The van der Waals surface area contributed by atoms with Crippen LogP contribution in [-0.2, 0) is 0 Å². The van der Waals surface area contributed by atoms with E-state index >= 15 is 0 Å². The fourth-order valence-corrected chi connectivity index (χ4v) is 2.09. The van der Waals surface area contributed by atoms with Crippen LogP contribution in [0.3, 0.4) is 0 Å². The average Bonchev–Trinajstić information content (AvgIpc) is 2.23. The van der Waals surface area contributed by atoms with Gasteiger partial charge in [0.05, 0.1) is 5.60 Å². The molecule has 1 saturated carbocycles. The Balaban J connectivity index is 2.19. The van der Waals surface area contributed by atoms with Crippen molar-refractivity contribution < 1.29 is 10.2 Å². The Labute approximate surface area is 92.9 Å². The molecule has 15 heavy (non-hydrogen) atoms. The molecule has 3 nitrogen and oxygen atoms in total. The number of aliphatic hydroxyl groups is 2. The van der Waals surface area contributed by atoms with Gasteiger partial charge in [0.2, 0.25) is 0 Å². The number of rotatable bonds is 5. The van der Waals surface area contributed by atoms with E-state index in [-0.39, 0.29) is 12.5 Å². The molecule has 1 aliphatic carbocycles. The van der Waals surface area contributed by atoms with Crippen molar-refractivity contribution in [2.45, 2.75) is 45.1 Å². The summed E-state index contributed by atoms with van der Waals surface area (Å²) in [6, 6.07) is 0. The van der Waals surface area contributed by atoms with Gasteiger partial charge in [-0.25, -0.2) is 0 Å². The van der Waals surface area contributed by atoms with Crippen LogP contribution in [0.25, 0.3) is 0 Å². The summed E-state index contributed by atoms with van der Waals surface area (Å²) in [4.78, 5) is 0. The molecule has 3 heteroatoms. The van der Waals surface area contributed by atoms with E-state index in [0.717, 1.165) is 38.1 Å².